The van der Waals surface area contributed by atoms with E-state index in [0.717, 1.165) is 17.2 Å². The predicted octanol–water partition coefficient (Wildman–Crippen LogP) is 5.89. The molecule has 0 saturated carbocycles. The van der Waals surface area contributed by atoms with Crippen LogP contribution >= 0.6 is 0 Å². The van der Waals surface area contributed by atoms with Gasteiger partial charge in [0, 0.05) is 41.5 Å². The summed E-state index contributed by atoms with van der Waals surface area (Å²) in [5, 5.41) is 39.4. The second kappa shape index (κ2) is 10.6. The Hall–Kier alpha value is -4.98. The van der Waals surface area contributed by atoms with Crippen LogP contribution in [0.4, 0.5) is 0 Å². The number of allylic oxidation sites excluding steroid dienone is 2. The van der Waals surface area contributed by atoms with Gasteiger partial charge in [0.2, 0.25) is 0 Å². The third kappa shape index (κ3) is 5.39. The van der Waals surface area contributed by atoms with Gasteiger partial charge in [0.1, 0.15) is 56.5 Å². The van der Waals surface area contributed by atoms with Crippen LogP contribution in [0.2, 0.25) is 0 Å². The van der Waals surface area contributed by atoms with Crippen molar-refractivity contribution in [1.29, 1.82) is 0 Å². The van der Waals surface area contributed by atoms with E-state index in [4.69, 9.17) is 8.83 Å². The Bertz CT molecular complexity index is 1790. The molecule has 0 aliphatic carbocycles. The number of aryl methyl sites for hydroxylation is 1. The number of phenolic OH excluding ortho intramolecular Hbond substituents is 4. The van der Waals surface area contributed by atoms with E-state index in [0.29, 0.717) is 23.5 Å². The van der Waals surface area contributed by atoms with E-state index >= 15 is 0 Å². The highest BCUT2D eigenvalue weighted by molar-refractivity contribution is 5.87. The lowest BCUT2D eigenvalue weighted by Gasteiger charge is -2.08. The molecule has 0 radical (unpaired) electrons. The topological polar surface area (TPSA) is 141 Å². The zero-order chi connectivity index (χ0) is 27.6. The van der Waals surface area contributed by atoms with Crippen molar-refractivity contribution in [3.8, 4) is 34.3 Å². The molecule has 5 aromatic rings. The number of fused-ring (bicyclic) bond motifs is 2. The second-order valence-corrected chi connectivity index (χ2v) is 8.98. The number of hydrogen-bond acceptors (Lipinski definition) is 8. The van der Waals surface area contributed by atoms with Crippen molar-refractivity contribution in [3.63, 3.8) is 0 Å². The molecule has 8 heteroatoms. The van der Waals surface area contributed by atoms with Gasteiger partial charge in [-0.15, -0.1) is 0 Å². The van der Waals surface area contributed by atoms with Crippen LogP contribution in [-0.2, 0) is 6.42 Å². The third-order valence-corrected chi connectivity index (χ3v) is 5.77. The SMILES string of the molecule is CC(C)=CCc1c(O)cc2oc(C)cc(=O)c2c1O.O=c1cc(-c2ccccc2)oc2cc(O)cc(O)c12. The predicted molar refractivity (Wildman–Crippen MR) is 145 cm³/mol. The van der Waals surface area contributed by atoms with Gasteiger partial charge in [-0.25, -0.2) is 0 Å². The summed E-state index contributed by atoms with van der Waals surface area (Å²) in [6, 6.07) is 15.6. The summed E-state index contributed by atoms with van der Waals surface area (Å²) < 4.78 is 10.9. The van der Waals surface area contributed by atoms with E-state index in [9.17, 15) is 30.0 Å². The Morgan fingerprint density at radius 2 is 1.45 bits per heavy atom. The second-order valence-electron chi connectivity index (χ2n) is 8.98. The van der Waals surface area contributed by atoms with Crippen molar-refractivity contribution >= 4 is 21.9 Å². The van der Waals surface area contributed by atoms with E-state index in [2.05, 4.69) is 0 Å². The van der Waals surface area contributed by atoms with Crippen LogP contribution in [0.25, 0.3) is 33.3 Å². The van der Waals surface area contributed by atoms with E-state index in [-0.39, 0.29) is 55.8 Å². The Kier molecular flexibility index (Phi) is 7.25. The molecule has 2 aromatic heterocycles. The van der Waals surface area contributed by atoms with Gasteiger partial charge in [-0.2, -0.15) is 0 Å². The maximum absolute atomic E-state index is 12.0. The molecule has 0 aliphatic rings. The van der Waals surface area contributed by atoms with Crippen molar-refractivity contribution in [2.45, 2.75) is 27.2 Å². The molecule has 0 unspecified atom stereocenters. The maximum Gasteiger partial charge on any atom is 0.197 e. The summed E-state index contributed by atoms with van der Waals surface area (Å²) in [5.41, 5.74) is 1.85. The third-order valence-electron chi connectivity index (χ3n) is 5.77. The van der Waals surface area contributed by atoms with Crippen LogP contribution in [0.1, 0.15) is 25.2 Å². The fourth-order valence-electron chi connectivity index (χ4n) is 3.96. The van der Waals surface area contributed by atoms with E-state index in [1.807, 2.05) is 50.3 Å². The van der Waals surface area contributed by atoms with Gasteiger partial charge >= 0.3 is 0 Å². The highest BCUT2D eigenvalue weighted by atomic mass is 16.3. The van der Waals surface area contributed by atoms with Gasteiger partial charge in [0.25, 0.3) is 0 Å². The number of rotatable bonds is 3. The highest BCUT2D eigenvalue weighted by Gasteiger charge is 2.16. The van der Waals surface area contributed by atoms with Crippen LogP contribution in [0.3, 0.4) is 0 Å². The number of benzene rings is 3. The minimum atomic E-state index is -0.349. The number of hydrogen-bond donors (Lipinski definition) is 4. The molecule has 0 fully saturated rings. The fraction of sp³-hybridized carbons (Fsp3) is 0.133. The van der Waals surface area contributed by atoms with Crippen LogP contribution in [-0.4, -0.2) is 20.4 Å². The molecule has 4 N–H and O–H groups in total. The summed E-state index contributed by atoms with van der Waals surface area (Å²) in [4.78, 5) is 23.9. The number of aromatic hydroxyl groups is 4. The molecule has 8 nitrogen and oxygen atoms in total. The first kappa shape index (κ1) is 26.1. The summed E-state index contributed by atoms with van der Waals surface area (Å²) in [6.45, 7) is 5.49. The van der Waals surface area contributed by atoms with Gasteiger partial charge in [-0.05, 0) is 27.2 Å². The zero-order valence-corrected chi connectivity index (χ0v) is 21.0. The quantitative estimate of drug-likeness (QED) is 0.218. The average molecular weight is 515 g/mol. The number of phenols is 4. The molecule has 194 valence electrons. The van der Waals surface area contributed by atoms with Gasteiger partial charge in [-0.1, -0.05) is 42.0 Å². The molecular weight excluding hydrogens is 488 g/mol. The summed E-state index contributed by atoms with van der Waals surface area (Å²) >= 11 is 0. The fourth-order valence-corrected chi connectivity index (χ4v) is 3.96. The maximum atomic E-state index is 12.0. The Labute approximate surface area is 217 Å². The Morgan fingerprint density at radius 1 is 0.789 bits per heavy atom. The standard InChI is InChI=1S/C15H10O4.C15H16O4/c16-10-6-11(17)15-12(18)8-13(19-14(15)7-10)9-4-2-1-3-5-9;1-8(2)4-5-10-11(16)7-13-14(15(10)18)12(17)6-9(3)19-13/h1-8,16-17H;4,6-7,16,18H,5H2,1-3H3. The van der Waals surface area contributed by atoms with Crippen molar-refractivity contribution in [1.82, 2.24) is 0 Å². The van der Waals surface area contributed by atoms with E-state index in [1.165, 1.54) is 24.3 Å². The van der Waals surface area contributed by atoms with Crippen molar-refractivity contribution in [2.75, 3.05) is 0 Å². The van der Waals surface area contributed by atoms with Crippen LogP contribution in [0.15, 0.2) is 90.7 Å². The molecule has 0 saturated heterocycles. The smallest absolute Gasteiger partial charge is 0.197 e. The summed E-state index contributed by atoms with van der Waals surface area (Å²) in [7, 11) is 0. The molecule has 0 amide bonds. The van der Waals surface area contributed by atoms with Crippen molar-refractivity contribution < 1.29 is 29.3 Å². The largest absolute Gasteiger partial charge is 0.508 e. The first-order valence-electron chi connectivity index (χ1n) is 11.7. The van der Waals surface area contributed by atoms with Gasteiger partial charge in [-0.3, -0.25) is 9.59 Å². The lowest BCUT2D eigenvalue weighted by Crippen LogP contribution is -2.02. The van der Waals surface area contributed by atoms with Gasteiger partial charge < -0.3 is 29.3 Å². The highest BCUT2D eigenvalue weighted by Crippen LogP contribution is 2.35. The zero-order valence-electron chi connectivity index (χ0n) is 21.0. The lowest BCUT2D eigenvalue weighted by molar-refractivity contribution is 0.441. The minimum absolute atomic E-state index is 0.0671. The van der Waals surface area contributed by atoms with Crippen LogP contribution in [0.5, 0.6) is 23.0 Å². The van der Waals surface area contributed by atoms with E-state index < -0.39 is 0 Å². The normalized spacial score (nSPS) is 10.7. The molecular formula is C30H26O8. The van der Waals surface area contributed by atoms with Crippen molar-refractivity contribution in [2.24, 2.45) is 0 Å². The summed E-state index contributed by atoms with van der Waals surface area (Å²) in [6.07, 6.45) is 2.24. The molecule has 0 atom stereocenters. The Balaban J connectivity index is 0.000000177. The molecule has 38 heavy (non-hydrogen) atoms. The molecule has 3 aromatic carbocycles. The Morgan fingerprint density at radius 3 is 2.13 bits per heavy atom. The monoisotopic (exact) mass is 514 g/mol. The summed E-state index contributed by atoms with van der Waals surface area (Å²) in [5.74, 6) is 0.107. The van der Waals surface area contributed by atoms with Crippen LogP contribution in [0, 0.1) is 6.92 Å². The lowest BCUT2D eigenvalue weighted by atomic mass is 10.0. The molecule has 0 spiro atoms. The van der Waals surface area contributed by atoms with Gasteiger partial charge in [0.15, 0.2) is 10.9 Å². The average Bonchev–Trinajstić information content (AvgIpc) is 2.83. The minimum Gasteiger partial charge on any atom is -0.508 e. The molecule has 0 bridgehead atoms. The van der Waals surface area contributed by atoms with Crippen molar-refractivity contribution in [3.05, 3.63) is 104 Å². The first-order valence-corrected chi connectivity index (χ1v) is 11.7. The molecule has 2 heterocycles. The molecule has 5 rings (SSSR count). The molecule has 0 aliphatic heterocycles. The first-order chi connectivity index (χ1) is 18.0. The van der Waals surface area contributed by atoms with Gasteiger partial charge in [0.05, 0.1) is 0 Å². The van der Waals surface area contributed by atoms with E-state index in [1.54, 1.807) is 6.92 Å². The van der Waals surface area contributed by atoms with Crippen LogP contribution < -0.4 is 10.9 Å².